The molecule has 2 N–H and O–H groups in total. The first-order chi connectivity index (χ1) is 15.3. The lowest BCUT2D eigenvalue weighted by molar-refractivity contribution is -0.145. The molecular weight excluding hydrogens is 428 g/mol. The molecule has 0 radical (unpaired) electrons. The van der Waals surface area contributed by atoms with E-state index >= 15 is 0 Å². The van der Waals surface area contributed by atoms with E-state index in [-0.39, 0.29) is 16.7 Å². The van der Waals surface area contributed by atoms with Gasteiger partial charge >= 0.3 is 0 Å². The molecule has 0 bridgehead atoms. The quantitative estimate of drug-likeness (QED) is 0.694. The number of benzene rings is 2. The second-order valence-electron chi connectivity index (χ2n) is 8.72. The number of fused-ring (bicyclic) bond motifs is 1. The van der Waals surface area contributed by atoms with Crippen molar-refractivity contribution in [3.8, 4) is 5.75 Å². The minimum absolute atomic E-state index is 0.0311. The Kier molecular flexibility index (Phi) is 6.55. The summed E-state index contributed by atoms with van der Waals surface area (Å²) in [5, 5.41) is 11.0. The van der Waals surface area contributed by atoms with Crippen LogP contribution >= 0.6 is 0 Å². The lowest BCUT2D eigenvalue weighted by Crippen LogP contribution is -2.56. The monoisotopic (exact) mass is 458 g/mol. The van der Waals surface area contributed by atoms with Gasteiger partial charge in [-0.15, -0.1) is 0 Å². The summed E-state index contributed by atoms with van der Waals surface area (Å²) in [6, 6.07) is 13.9. The molecule has 4 rings (SSSR count). The number of likely N-dealkylation sites (tertiary alicyclic amines) is 1. The van der Waals surface area contributed by atoms with E-state index in [0.717, 1.165) is 25.7 Å². The van der Waals surface area contributed by atoms with Crippen LogP contribution in [0.3, 0.4) is 0 Å². The molecule has 172 valence electrons. The van der Waals surface area contributed by atoms with Crippen molar-refractivity contribution in [2.45, 2.75) is 48.6 Å². The maximum absolute atomic E-state index is 13.6. The zero-order valence-electron chi connectivity index (χ0n) is 18.2. The molecule has 1 saturated heterocycles. The standard InChI is InChI=1S/C24H30N2O5S/c1-31-20-10-12-21(13-11-20)32(29,30)25-22(18-7-3-2-4-8-18)23(27)26-16-15-24(28)14-6-5-9-19(24)17-26/h2-4,7-8,10-13,19,22,25,28H,5-6,9,14-17H2,1H3/t19-,22+,24+/m1/s1. The molecular formula is C24H30N2O5S. The fourth-order valence-electron chi connectivity index (χ4n) is 4.84. The highest BCUT2D eigenvalue weighted by atomic mass is 32.2. The van der Waals surface area contributed by atoms with E-state index in [4.69, 9.17) is 4.74 Å². The van der Waals surface area contributed by atoms with Crippen LogP contribution in [-0.4, -0.2) is 50.1 Å². The highest BCUT2D eigenvalue weighted by Gasteiger charge is 2.45. The zero-order valence-corrected chi connectivity index (χ0v) is 19.1. The van der Waals surface area contributed by atoms with Crippen molar-refractivity contribution in [1.29, 1.82) is 0 Å². The number of hydrogen-bond acceptors (Lipinski definition) is 5. The number of hydrogen-bond donors (Lipinski definition) is 2. The summed E-state index contributed by atoms with van der Waals surface area (Å²) in [6.45, 7) is 0.863. The van der Waals surface area contributed by atoms with Crippen LogP contribution in [0.1, 0.15) is 43.7 Å². The number of ether oxygens (including phenoxy) is 1. The average Bonchev–Trinajstić information content (AvgIpc) is 2.82. The fourth-order valence-corrected chi connectivity index (χ4v) is 6.02. The summed E-state index contributed by atoms with van der Waals surface area (Å²) in [6.07, 6.45) is 4.23. The van der Waals surface area contributed by atoms with Crippen LogP contribution < -0.4 is 9.46 Å². The molecule has 3 atom stereocenters. The van der Waals surface area contributed by atoms with Gasteiger partial charge in [0.15, 0.2) is 0 Å². The van der Waals surface area contributed by atoms with Gasteiger partial charge in [0.05, 0.1) is 17.6 Å². The number of nitrogens with one attached hydrogen (secondary N) is 1. The van der Waals surface area contributed by atoms with Crippen molar-refractivity contribution in [1.82, 2.24) is 9.62 Å². The molecule has 2 aliphatic rings. The number of sulfonamides is 1. The Morgan fingerprint density at radius 2 is 1.84 bits per heavy atom. The Balaban J connectivity index is 1.59. The van der Waals surface area contributed by atoms with Gasteiger partial charge < -0.3 is 14.7 Å². The third-order valence-corrected chi connectivity index (χ3v) is 8.20. The number of rotatable bonds is 6. The summed E-state index contributed by atoms with van der Waals surface area (Å²) in [7, 11) is -2.44. The normalized spacial score (nSPS) is 24.4. The van der Waals surface area contributed by atoms with Crippen LogP contribution in [0, 0.1) is 5.92 Å². The van der Waals surface area contributed by atoms with Gasteiger partial charge in [0.1, 0.15) is 11.8 Å². The lowest BCUT2D eigenvalue weighted by atomic mass is 9.71. The van der Waals surface area contributed by atoms with E-state index in [1.165, 1.54) is 19.2 Å². The third kappa shape index (κ3) is 4.67. The van der Waals surface area contributed by atoms with Crippen LogP contribution in [0.2, 0.25) is 0 Å². The van der Waals surface area contributed by atoms with Gasteiger partial charge in [-0.3, -0.25) is 4.79 Å². The Hall–Kier alpha value is -2.42. The maximum Gasteiger partial charge on any atom is 0.245 e. The number of methoxy groups -OCH3 is 1. The second-order valence-corrected chi connectivity index (χ2v) is 10.4. The van der Waals surface area contributed by atoms with Gasteiger partial charge in [0, 0.05) is 19.0 Å². The molecule has 2 aromatic carbocycles. The second kappa shape index (κ2) is 9.21. The summed E-state index contributed by atoms with van der Waals surface area (Å²) < 4.78 is 34.0. The molecule has 2 aromatic rings. The summed E-state index contributed by atoms with van der Waals surface area (Å²) in [4.78, 5) is 15.4. The molecule has 7 nitrogen and oxygen atoms in total. The van der Waals surface area contributed by atoms with Gasteiger partial charge in [-0.1, -0.05) is 43.2 Å². The highest BCUT2D eigenvalue weighted by molar-refractivity contribution is 7.89. The van der Waals surface area contributed by atoms with E-state index in [9.17, 15) is 18.3 Å². The number of nitrogens with zero attached hydrogens (tertiary/aromatic N) is 1. The molecule has 32 heavy (non-hydrogen) atoms. The fraction of sp³-hybridized carbons (Fsp3) is 0.458. The SMILES string of the molecule is COc1ccc(S(=O)(=O)N[C@H](C(=O)N2CC[C@@]3(O)CCCC[C@@H]3C2)c2ccccc2)cc1. The Morgan fingerprint density at radius 3 is 2.53 bits per heavy atom. The number of carbonyl (C=O) groups excluding carboxylic acids is 1. The Labute approximate surface area is 189 Å². The van der Waals surface area contributed by atoms with Crippen LogP contribution in [0.4, 0.5) is 0 Å². The van der Waals surface area contributed by atoms with Gasteiger partial charge in [0.2, 0.25) is 15.9 Å². The average molecular weight is 459 g/mol. The molecule has 1 amide bonds. The summed E-state index contributed by atoms with van der Waals surface area (Å²) >= 11 is 0. The first-order valence-corrected chi connectivity index (χ1v) is 12.5. The minimum Gasteiger partial charge on any atom is -0.497 e. The molecule has 0 spiro atoms. The van der Waals surface area contributed by atoms with E-state index in [2.05, 4.69) is 4.72 Å². The largest absolute Gasteiger partial charge is 0.497 e. The lowest BCUT2D eigenvalue weighted by Gasteiger charge is -2.48. The van der Waals surface area contributed by atoms with Crippen LogP contribution in [0.15, 0.2) is 59.5 Å². The van der Waals surface area contributed by atoms with Gasteiger partial charge in [-0.05, 0) is 49.1 Å². The highest BCUT2D eigenvalue weighted by Crippen LogP contribution is 2.40. The Bertz CT molecular complexity index is 1040. The van der Waals surface area contributed by atoms with Crippen molar-refractivity contribution in [2.24, 2.45) is 5.92 Å². The molecule has 8 heteroatoms. The van der Waals surface area contributed by atoms with Crippen LogP contribution in [0.25, 0.3) is 0 Å². The van der Waals surface area contributed by atoms with Crippen molar-refractivity contribution in [3.05, 3.63) is 60.2 Å². The molecule has 0 aromatic heterocycles. The van der Waals surface area contributed by atoms with E-state index < -0.39 is 21.7 Å². The van der Waals surface area contributed by atoms with E-state index in [1.54, 1.807) is 41.3 Å². The number of aliphatic hydroxyl groups is 1. The molecule has 1 aliphatic carbocycles. The molecule has 2 fully saturated rings. The molecule has 1 saturated carbocycles. The summed E-state index contributed by atoms with van der Waals surface area (Å²) in [5.74, 6) is 0.289. The van der Waals surface area contributed by atoms with Gasteiger partial charge in [-0.2, -0.15) is 4.72 Å². The van der Waals surface area contributed by atoms with Gasteiger partial charge in [-0.25, -0.2) is 8.42 Å². The van der Waals surface area contributed by atoms with Crippen molar-refractivity contribution < 1.29 is 23.1 Å². The number of piperidine rings is 1. The van der Waals surface area contributed by atoms with E-state index in [1.807, 2.05) is 6.07 Å². The molecule has 1 aliphatic heterocycles. The molecule has 1 heterocycles. The number of amides is 1. The topological polar surface area (TPSA) is 95.9 Å². The van der Waals surface area contributed by atoms with E-state index in [0.29, 0.717) is 30.8 Å². The first kappa shape index (κ1) is 22.8. The first-order valence-electron chi connectivity index (χ1n) is 11.0. The maximum atomic E-state index is 13.6. The van der Waals surface area contributed by atoms with Crippen molar-refractivity contribution in [3.63, 3.8) is 0 Å². The predicted octanol–water partition coefficient (Wildman–Crippen LogP) is 2.87. The minimum atomic E-state index is -3.95. The third-order valence-electron chi connectivity index (χ3n) is 6.76. The van der Waals surface area contributed by atoms with Crippen molar-refractivity contribution in [2.75, 3.05) is 20.2 Å². The zero-order chi connectivity index (χ0) is 22.8. The Morgan fingerprint density at radius 1 is 1.12 bits per heavy atom. The smallest absolute Gasteiger partial charge is 0.245 e. The van der Waals surface area contributed by atoms with Gasteiger partial charge in [0.25, 0.3) is 0 Å². The summed E-state index contributed by atoms with van der Waals surface area (Å²) in [5.41, 5.74) is -0.126. The van der Waals surface area contributed by atoms with Crippen molar-refractivity contribution >= 4 is 15.9 Å². The number of carbonyl (C=O) groups is 1. The molecule has 0 unspecified atom stereocenters. The predicted molar refractivity (Wildman–Crippen MR) is 121 cm³/mol. The van der Waals surface area contributed by atoms with Crippen LogP contribution in [-0.2, 0) is 14.8 Å². The van der Waals surface area contributed by atoms with Crippen LogP contribution in [0.5, 0.6) is 5.75 Å².